The van der Waals surface area contributed by atoms with Gasteiger partial charge in [0.1, 0.15) is 5.82 Å². The summed E-state index contributed by atoms with van der Waals surface area (Å²) in [6, 6.07) is 5.37. The van der Waals surface area contributed by atoms with E-state index in [4.69, 9.17) is 4.74 Å². The number of nitrogens with zero attached hydrogens (tertiary/aromatic N) is 3. The highest BCUT2D eigenvalue weighted by molar-refractivity contribution is 14.1. The summed E-state index contributed by atoms with van der Waals surface area (Å²) in [6.07, 6.45) is 1.90. The molecule has 0 radical (unpaired) electrons. The molecule has 98 valence electrons. The van der Waals surface area contributed by atoms with Gasteiger partial charge in [0.05, 0.1) is 19.3 Å². The topological polar surface area (TPSA) is 28.6 Å². The quantitative estimate of drug-likeness (QED) is 0.750. The van der Waals surface area contributed by atoms with Crippen LogP contribution in [0, 0.1) is 3.57 Å². The first-order valence-corrected chi connectivity index (χ1v) is 7.52. The second kappa shape index (κ2) is 5.30. The molecule has 2 aliphatic rings. The predicted molar refractivity (Wildman–Crippen MR) is 79.9 cm³/mol. The van der Waals surface area contributed by atoms with Gasteiger partial charge in [0.25, 0.3) is 0 Å². The Labute approximate surface area is 121 Å². The van der Waals surface area contributed by atoms with Crippen molar-refractivity contribution in [2.45, 2.75) is 19.0 Å². The van der Waals surface area contributed by atoms with Gasteiger partial charge in [-0.15, -0.1) is 0 Å². The van der Waals surface area contributed by atoms with E-state index < -0.39 is 0 Å². The van der Waals surface area contributed by atoms with Crippen molar-refractivity contribution in [2.75, 3.05) is 37.7 Å². The second-order valence-electron chi connectivity index (χ2n) is 5.06. The molecule has 3 heterocycles. The summed E-state index contributed by atoms with van der Waals surface area (Å²) in [5.41, 5.74) is 0. The van der Waals surface area contributed by atoms with Gasteiger partial charge in [0.2, 0.25) is 0 Å². The number of pyridine rings is 1. The molecule has 0 aromatic carbocycles. The summed E-state index contributed by atoms with van der Waals surface area (Å²) in [6.45, 7) is 7.40. The Morgan fingerprint density at radius 2 is 2.22 bits per heavy atom. The zero-order valence-corrected chi connectivity index (χ0v) is 12.7. The number of rotatable bonds is 2. The number of anilines is 1. The van der Waals surface area contributed by atoms with Crippen molar-refractivity contribution in [2.24, 2.45) is 0 Å². The van der Waals surface area contributed by atoms with E-state index in [1.165, 1.54) is 3.57 Å². The fourth-order valence-corrected chi connectivity index (χ4v) is 3.08. The van der Waals surface area contributed by atoms with E-state index in [9.17, 15) is 0 Å². The van der Waals surface area contributed by atoms with Crippen LogP contribution in [0.2, 0.25) is 0 Å². The molecule has 0 amide bonds. The van der Waals surface area contributed by atoms with E-state index in [-0.39, 0.29) is 0 Å². The van der Waals surface area contributed by atoms with E-state index in [0.29, 0.717) is 12.1 Å². The summed E-state index contributed by atoms with van der Waals surface area (Å²) in [7, 11) is 0. The van der Waals surface area contributed by atoms with Gasteiger partial charge in [-0.3, -0.25) is 4.90 Å². The highest BCUT2D eigenvalue weighted by atomic mass is 127. The highest BCUT2D eigenvalue weighted by Crippen LogP contribution is 2.22. The first kappa shape index (κ1) is 12.6. The van der Waals surface area contributed by atoms with E-state index >= 15 is 0 Å². The van der Waals surface area contributed by atoms with Gasteiger partial charge < -0.3 is 9.64 Å². The molecule has 0 saturated carbocycles. The van der Waals surface area contributed by atoms with Crippen LogP contribution in [0.4, 0.5) is 5.82 Å². The molecule has 0 N–H and O–H groups in total. The van der Waals surface area contributed by atoms with E-state index in [1.807, 2.05) is 12.3 Å². The first-order chi connectivity index (χ1) is 8.74. The van der Waals surface area contributed by atoms with Crippen molar-refractivity contribution in [3.8, 4) is 0 Å². The number of ether oxygens (including phenoxy) is 1. The zero-order chi connectivity index (χ0) is 12.5. The van der Waals surface area contributed by atoms with Crippen LogP contribution in [0.15, 0.2) is 18.3 Å². The normalized spacial score (nSPS) is 26.1. The summed E-state index contributed by atoms with van der Waals surface area (Å²) in [5, 5.41) is 0. The molecule has 2 fully saturated rings. The third-order valence-electron chi connectivity index (χ3n) is 3.80. The monoisotopic (exact) mass is 359 g/mol. The average Bonchev–Trinajstić information content (AvgIpc) is 2.26. The van der Waals surface area contributed by atoms with Gasteiger partial charge >= 0.3 is 0 Å². The molecule has 1 aromatic rings. The Morgan fingerprint density at radius 1 is 1.39 bits per heavy atom. The molecule has 4 nitrogen and oxygen atoms in total. The van der Waals surface area contributed by atoms with Crippen LogP contribution in [0.1, 0.15) is 6.92 Å². The summed E-state index contributed by atoms with van der Waals surface area (Å²) in [4.78, 5) is 9.46. The minimum absolute atomic E-state index is 0.519. The van der Waals surface area contributed by atoms with Crippen LogP contribution in [0.3, 0.4) is 0 Å². The zero-order valence-electron chi connectivity index (χ0n) is 10.6. The van der Waals surface area contributed by atoms with Crippen molar-refractivity contribution < 1.29 is 4.74 Å². The van der Waals surface area contributed by atoms with Gasteiger partial charge in [0.15, 0.2) is 0 Å². The van der Waals surface area contributed by atoms with Gasteiger partial charge in [-0.25, -0.2) is 4.98 Å². The lowest BCUT2D eigenvalue weighted by atomic mass is 10.1. The molecule has 0 bridgehead atoms. The Morgan fingerprint density at radius 3 is 2.83 bits per heavy atom. The summed E-state index contributed by atoms with van der Waals surface area (Å²) in [5.74, 6) is 1.11. The van der Waals surface area contributed by atoms with Crippen LogP contribution in [-0.2, 0) is 4.74 Å². The molecule has 18 heavy (non-hydrogen) atoms. The fraction of sp³-hybridized carbons (Fsp3) is 0.615. The first-order valence-electron chi connectivity index (χ1n) is 6.44. The fourth-order valence-electron chi connectivity index (χ4n) is 2.64. The summed E-state index contributed by atoms with van der Waals surface area (Å²) >= 11 is 2.34. The maximum Gasteiger partial charge on any atom is 0.129 e. The molecule has 2 saturated heterocycles. The van der Waals surface area contributed by atoms with Crippen molar-refractivity contribution in [1.29, 1.82) is 0 Å². The number of halogens is 1. The molecule has 0 unspecified atom stereocenters. The third kappa shape index (κ3) is 2.48. The molecule has 1 atom stereocenters. The third-order valence-corrected chi connectivity index (χ3v) is 4.47. The Hall–Kier alpha value is -0.400. The molecule has 1 aromatic heterocycles. The number of piperazine rings is 1. The molecular formula is C13H18IN3O. The van der Waals surface area contributed by atoms with E-state index in [0.717, 1.165) is 38.7 Å². The Bertz CT molecular complexity index is 424. The van der Waals surface area contributed by atoms with Crippen molar-refractivity contribution >= 4 is 28.4 Å². The van der Waals surface area contributed by atoms with E-state index in [1.54, 1.807) is 0 Å². The van der Waals surface area contributed by atoms with Gasteiger partial charge in [-0.1, -0.05) is 0 Å². The average molecular weight is 359 g/mol. The van der Waals surface area contributed by atoms with E-state index in [2.05, 4.69) is 50.4 Å². The van der Waals surface area contributed by atoms with Gasteiger partial charge in [-0.2, -0.15) is 0 Å². The molecule has 0 aliphatic carbocycles. The van der Waals surface area contributed by atoms with Crippen molar-refractivity contribution in [3.63, 3.8) is 0 Å². The van der Waals surface area contributed by atoms with Gasteiger partial charge in [-0.05, 0) is 41.6 Å². The number of aromatic nitrogens is 1. The lowest BCUT2D eigenvalue weighted by Crippen LogP contribution is -2.59. The molecule has 0 spiro atoms. The van der Waals surface area contributed by atoms with Gasteiger partial charge in [0, 0.05) is 35.4 Å². The Kier molecular flexibility index (Phi) is 3.72. The van der Waals surface area contributed by atoms with Crippen LogP contribution < -0.4 is 4.90 Å². The van der Waals surface area contributed by atoms with Crippen molar-refractivity contribution in [1.82, 2.24) is 9.88 Å². The Balaban J connectivity index is 1.68. The highest BCUT2D eigenvalue weighted by Gasteiger charge is 2.32. The predicted octanol–water partition coefficient (Wildman–Crippen LogP) is 1.60. The minimum atomic E-state index is 0.519. The molecule has 2 aliphatic heterocycles. The maximum absolute atomic E-state index is 5.28. The molecule has 5 heteroatoms. The van der Waals surface area contributed by atoms with Crippen LogP contribution in [-0.4, -0.2) is 54.8 Å². The smallest absolute Gasteiger partial charge is 0.129 e. The second-order valence-corrected chi connectivity index (χ2v) is 6.31. The maximum atomic E-state index is 5.28. The lowest BCUT2D eigenvalue weighted by Gasteiger charge is -2.46. The molecule has 3 rings (SSSR count). The number of hydrogen-bond donors (Lipinski definition) is 0. The van der Waals surface area contributed by atoms with Crippen molar-refractivity contribution in [3.05, 3.63) is 21.9 Å². The standard InChI is InChI=1S/C13H18IN3O/c1-10-7-16(12-8-18-9-12)4-5-17(10)13-6-11(14)2-3-15-13/h2-3,6,10,12H,4-5,7-9H2,1H3/t10-/m0/s1. The molecular weight excluding hydrogens is 341 g/mol. The minimum Gasteiger partial charge on any atom is -0.378 e. The lowest BCUT2D eigenvalue weighted by molar-refractivity contribution is -0.0692. The number of hydrogen-bond acceptors (Lipinski definition) is 4. The summed E-state index contributed by atoms with van der Waals surface area (Å²) < 4.78 is 6.53. The largest absolute Gasteiger partial charge is 0.378 e. The van der Waals surface area contributed by atoms with Crippen LogP contribution in [0.5, 0.6) is 0 Å². The van der Waals surface area contributed by atoms with Crippen LogP contribution >= 0.6 is 22.6 Å². The van der Waals surface area contributed by atoms with Crippen LogP contribution in [0.25, 0.3) is 0 Å². The SMILES string of the molecule is C[C@H]1CN(C2COC2)CCN1c1cc(I)ccn1.